The Labute approximate surface area is 733 Å². The smallest absolute Gasteiger partial charge is 0.418 e. The molecular weight excluding hydrogens is 1630 g/mol. The number of nitrogens with zero attached hydrogens (tertiary/aromatic N) is 11. The van der Waals surface area contributed by atoms with E-state index in [9.17, 15) is 49.2 Å². The summed E-state index contributed by atoms with van der Waals surface area (Å²) in [6, 6.07) is 26.4. The van der Waals surface area contributed by atoms with E-state index >= 15 is 0 Å². The number of rotatable bonds is 16. The predicted molar refractivity (Wildman–Crippen MR) is 458 cm³/mol. The topological polar surface area (TPSA) is 441 Å². The van der Waals surface area contributed by atoms with Crippen LogP contribution in [0.5, 0.6) is 52.1 Å². The number of carbonyl (C=O) groups excluding carboxylic acids is 6. The number of anilines is 4. The van der Waals surface area contributed by atoms with Crippen LogP contribution in [0.25, 0.3) is 0 Å². The van der Waals surface area contributed by atoms with Gasteiger partial charge in [0.05, 0.1) is 60.4 Å². The molecule has 3 spiro atoms. The summed E-state index contributed by atoms with van der Waals surface area (Å²) in [5.74, 6) is 6.00. The van der Waals surface area contributed by atoms with Gasteiger partial charge < -0.3 is 74.1 Å². The normalized spacial score (nSPS) is 28.4. The molecule has 15 aliphatic rings. The van der Waals surface area contributed by atoms with Crippen LogP contribution in [0.4, 0.5) is 32.9 Å². The van der Waals surface area contributed by atoms with E-state index in [-0.39, 0.29) is 72.3 Å². The third-order valence-electron chi connectivity index (χ3n) is 28.6. The maximum Gasteiger partial charge on any atom is 0.418 e. The van der Waals surface area contributed by atoms with Crippen molar-refractivity contribution in [1.29, 1.82) is 0 Å². The van der Waals surface area contributed by atoms with E-state index in [0.29, 0.717) is 103 Å². The Kier molecular flexibility index (Phi) is 22.4. The summed E-state index contributed by atoms with van der Waals surface area (Å²) < 4.78 is 50.7. The summed E-state index contributed by atoms with van der Waals surface area (Å²) >= 11 is 0. The first-order valence-corrected chi connectivity index (χ1v) is 43.3. The molecule has 34 nitrogen and oxygen atoms in total. The van der Waals surface area contributed by atoms with E-state index in [1.165, 1.54) is 110 Å². The van der Waals surface area contributed by atoms with Crippen molar-refractivity contribution < 1.29 is 91.8 Å². The SMILES string of the molecule is C.CC(=O)Oc1ccc2c3c1O[C@H]1C(=O)CC[C@@]4(O)[C@@H](C2)N(CC2CC2)CC[C@]314.COc1cc(N)ncn1.COc1cc(NC(=O)C2=C(O)[C@@H]3Oc4c(O)ccc5c4[C@@]34CCN(CC3CC3)[C@H](C5)[C@]4(O)C2)ncn1.COc1cc(NC(=O)Oc2ccccc2)ncn1.Cc1cc(NC(=O)O[C@@]23CCC(=O)[C@@H]4Oc5c(C)ccc6c5[C@@]42CCN(CC2CC2)[C@@H]3C6)ncn1. The summed E-state index contributed by atoms with van der Waals surface area (Å²) in [6.07, 6.45) is 15.2. The predicted octanol–water partition coefficient (Wildman–Crippen LogP) is 9.84. The number of hydrogen-bond donors (Lipinski definition) is 8. The first-order chi connectivity index (χ1) is 60.8. The highest BCUT2D eigenvalue weighted by Gasteiger charge is 2.78. The number of aromatic nitrogens is 8. The molecule has 127 heavy (non-hydrogen) atoms. The van der Waals surface area contributed by atoms with Gasteiger partial charge >= 0.3 is 18.2 Å². The molecule has 34 heteroatoms. The second kappa shape index (κ2) is 33.2. The quantitative estimate of drug-likeness (QED) is 0.0329. The van der Waals surface area contributed by atoms with Crippen LogP contribution in [0.15, 0.2) is 128 Å². The maximum atomic E-state index is 13.5. The number of benzene rings is 4. The number of aliphatic hydroxyl groups excluding tert-OH is 1. The molecule has 12 atom stereocenters. The van der Waals surface area contributed by atoms with Crippen molar-refractivity contribution in [1.82, 2.24) is 54.6 Å². The number of amides is 3. The van der Waals surface area contributed by atoms with Gasteiger partial charge in [0.1, 0.15) is 71.4 Å². The fraction of sp³-hybridized carbons (Fsp3) is 0.484. The van der Waals surface area contributed by atoms with E-state index < -0.39 is 75.4 Å². The summed E-state index contributed by atoms with van der Waals surface area (Å²) in [5, 5.41) is 54.9. The van der Waals surface area contributed by atoms with Crippen molar-refractivity contribution in [2.75, 3.05) is 82.3 Å². The number of phenolic OH excluding ortho intramolecular Hbond substituents is 1. The minimum Gasteiger partial charge on any atom is -0.508 e. The number of aryl methyl sites for hydroxylation is 2. The van der Waals surface area contributed by atoms with Crippen LogP contribution in [-0.4, -0.2) is 224 Å². The van der Waals surface area contributed by atoms with Gasteiger partial charge in [-0.2, -0.15) is 0 Å². The van der Waals surface area contributed by atoms with E-state index in [2.05, 4.69) is 82.7 Å². The number of esters is 1. The number of methoxy groups -OCH3 is 3. The van der Waals surface area contributed by atoms with Crippen molar-refractivity contribution in [2.24, 2.45) is 17.8 Å². The first-order valence-electron chi connectivity index (χ1n) is 43.3. The largest absolute Gasteiger partial charge is 0.508 e. The molecule has 3 amide bonds. The van der Waals surface area contributed by atoms with E-state index in [1.807, 2.05) is 32.0 Å². The Morgan fingerprint density at radius 2 is 1.01 bits per heavy atom. The van der Waals surface area contributed by atoms with Crippen molar-refractivity contribution >= 4 is 58.9 Å². The molecule has 0 unspecified atom stereocenters. The molecule has 666 valence electrons. The fourth-order valence-corrected chi connectivity index (χ4v) is 22.7. The lowest BCUT2D eigenvalue weighted by atomic mass is 9.48. The zero-order chi connectivity index (χ0) is 87.5. The number of Topliss-reactive ketones (excluding diaryl/α,β-unsaturated/α-hetero) is 2. The number of nitrogens with one attached hydrogen (secondary N) is 3. The van der Waals surface area contributed by atoms with Crippen molar-refractivity contribution in [3.8, 4) is 52.1 Å². The second-order valence-corrected chi connectivity index (χ2v) is 35.8. The lowest BCUT2D eigenvalue weighted by molar-refractivity contribution is -0.188. The number of phenols is 1. The summed E-state index contributed by atoms with van der Waals surface area (Å²) in [6.45, 7) is 10.7. The zero-order valence-corrected chi connectivity index (χ0v) is 70.8. The molecule has 10 heterocycles. The van der Waals surface area contributed by atoms with Crippen LogP contribution in [0, 0.1) is 31.6 Å². The molecule has 9 aliphatic carbocycles. The van der Waals surface area contributed by atoms with Gasteiger partial charge in [-0.05, 0) is 188 Å². The van der Waals surface area contributed by atoms with Crippen LogP contribution < -0.4 is 59.6 Å². The molecule has 23 rings (SSSR count). The number of likely N-dealkylation sites (tertiary alicyclic amines) is 3. The molecule has 8 fully saturated rings. The summed E-state index contributed by atoms with van der Waals surface area (Å²) in [5.41, 5.74) is 7.88. The molecule has 6 aliphatic heterocycles. The van der Waals surface area contributed by atoms with E-state index in [4.69, 9.17) is 48.4 Å². The number of aliphatic hydroxyl groups is 3. The minimum absolute atomic E-state index is 0. The lowest BCUT2D eigenvalue weighted by Gasteiger charge is -2.63. The maximum absolute atomic E-state index is 13.5. The third-order valence-corrected chi connectivity index (χ3v) is 28.6. The van der Waals surface area contributed by atoms with Crippen molar-refractivity contribution in [3.05, 3.63) is 172 Å². The Morgan fingerprint density at radius 3 is 1.60 bits per heavy atom. The molecule has 6 bridgehead atoms. The Balaban J connectivity index is 0.000000113. The van der Waals surface area contributed by atoms with Crippen LogP contribution in [0.2, 0.25) is 0 Å². The van der Waals surface area contributed by atoms with Gasteiger partial charge in [0.15, 0.2) is 52.9 Å². The van der Waals surface area contributed by atoms with Gasteiger partial charge in [-0.15, -0.1) is 0 Å². The highest BCUT2D eigenvalue weighted by molar-refractivity contribution is 6.04. The van der Waals surface area contributed by atoms with E-state index in [0.717, 1.165) is 115 Å². The van der Waals surface area contributed by atoms with E-state index in [1.54, 1.807) is 48.5 Å². The van der Waals surface area contributed by atoms with Gasteiger partial charge in [0, 0.05) is 105 Å². The molecule has 8 aromatic rings. The van der Waals surface area contributed by atoms with Crippen LogP contribution in [0.3, 0.4) is 0 Å². The number of nitrogens with two attached hydrogens (primary N) is 1. The Hall–Kier alpha value is -12.2. The number of hydrogen-bond acceptors (Lipinski definition) is 31. The fourth-order valence-electron chi connectivity index (χ4n) is 22.7. The number of piperidine rings is 3. The number of aromatic hydroxyl groups is 1. The lowest BCUT2D eigenvalue weighted by Crippen LogP contribution is -2.78. The van der Waals surface area contributed by atoms with Gasteiger partial charge in [-0.25, -0.2) is 49.5 Å². The highest BCUT2D eigenvalue weighted by atomic mass is 16.6. The average molecular weight is 1740 g/mol. The Morgan fingerprint density at radius 1 is 0.520 bits per heavy atom. The standard InChI is InChI=1S/C27H30N4O4.C26H28N4O6.C22H25NO5.C12H11N3O3.C5H7N3O.CH4/c1-15-3-6-18-12-20-27(35-25(33)30-21-11-16(2)28-14-29-21)8-7-19(32)24-26(27,22(18)23(15)34-24)9-10-31(20)13-17-4-5-17;1-35-19-9-18(27-12-28-19)29-24(33)15-10-26(34)17-8-14-4-5-16(31)22-20(14)25(26,23(36-22)21(15)32)6-7-30(17)11-13-2-3-13;1-12(24)27-16-5-4-14-10-17-22(26)7-6-15(25)20-21(22,18(14)19(16)28-20)8-9-23(17)11-13-2-3-13;1-17-11-7-10(13-8-14-11)15-12(16)18-9-5-3-2-4-6-9;1-9-5-2-4(6)7-3-8-5;/h3,6,11,14,17,20,24H,4-5,7-10,12-13H2,1-2H3,(H,28,29,30,33);4-5,9,12-13,17,23,31-32,34H,2-3,6-8,10-11H2,1H3,(H,27,28,29,33);4-5,13,17,20,26H,2-3,6-11H2,1H3;2-8H,1H3,(H,13,14,15,16);2-3H,1H3,(H2,6,7,8);1H4/t20-,24+,26+,27-;17-,23+,25+,26-;17-,20+,21+,22-;;;/m111.../s1. The third kappa shape index (κ3) is 14.7. The zero-order valence-electron chi connectivity index (χ0n) is 70.8. The van der Waals surface area contributed by atoms with Crippen molar-refractivity contribution in [2.45, 2.75) is 207 Å². The minimum atomic E-state index is -1.36. The van der Waals surface area contributed by atoms with Gasteiger partial charge in [0.25, 0.3) is 5.91 Å². The monoisotopic (exact) mass is 1740 g/mol. The molecule has 0 radical (unpaired) electrons. The van der Waals surface area contributed by atoms with Gasteiger partial charge in [-0.3, -0.25) is 44.5 Å². The molecule has 4 aromatic carbocycles. The number of carbonyl (C=O) groups is 6. The number of ether oxygens (including phenoxy) is 9. The van der Waals surface area contributed by atoms with Gasteiger partial charge in [0.2, 0.25) is 17.6 Å². The molecular formula is C93H105N15O19. The van der Waals surface area contributed by atoms with Crippen LogP contribution in [0.1, 0.15) is 149 Å². The van der Waals surface area contributed by atoms with Crippen molar-refractivity contribution in [3.63, 3.8) is 0 Å². The number of nitrogen functional groups attached to an aromatic ring is 1. The molecule has 5 saturated carbocycles. The molecule has 9 N–H and O–H groups in total. The molecule has 3 saturated heterocycles. The first kappa shape index (κ1) is 85.5. The average Bonchev–Trinajstić information content (AvgIpc) is 1.55. The number of para-hydroxylation sites is 1. The number of ketones is 2. The highest BCUT2D eigenvalue weighted by Crippen LogP contribution is 2.70. The molecule has 4 aromatic heterocycles. The summed E-state index contributed by atoms with van der Waals surface area (Å²) in [4.78, 5) is 115. The van der Waals surface area contributed by atoms with Crippen LogP contribution >= 0.6 is 0 Å². The second-order valence-electron chi connectivity index (χ2n) is 35.8. The Bertz CT molecular complexity index is 5720. The van der Waals surface area contributed by atoms with Gasteiger partial charge in [-0.1, -0.05) is 49.9 Å². The summed E-state index contributed by atoms with van der Waals surface area (Å²) in [7, 11) is 4.47. The van der Waals surface area contributed by atoms with Crippen LogP contribution in [-0.2, 0) is 59.4 Å².